The second kappa shape index (κ2) is 5.82. The van der Waals surface area contributed by atoms with Crippen LogP contribution in [0, 0.1) is 18.3 Å². The molecule has 0 unspecified atom stereocenters. The van der Waals surface area contributed by atoms with Crippen LogP contribution in [-0.2, 0) is 0 Å². The maximum atomic E-state index is 11.6. The number of nitrogens with zero attached hydrogens (tertiary/aromatic N) is 1. The Kier molecular flexibility index (Phi) is 4.36. The van der Waals surface area contributed by atoms with E-state index in [1.807, 2.05) is 31.2 Å². The van der Waals surface area contributed by atoms with Gasteiger partial charge in [0.1, 0.15) is 0 Å². The molecular weight excluding hydrogens is 188 g/mol. The summed E-state index contributed by atoms with van der Waals surface area (Å²) < 4.78 is 0. The molecular formula is C12H14N2O. The molecule has 0 spiro atoms. The third-order valence-corrected chi connectivity index (χ3v) is 2.14. The Morgan fingerprint density at radius 3 is 2.87 bits per heavy atom. The van der Waals surface area contributed by atoms with E-state index in [4.69, 9.17) is 5.26 Å². The number of benzene rings is 1. The Labute approximate surface area is 89.7 Å². The molecule has 0 atom stereocenters. The first-order valence-corrected chi connectivity index (χ1v) is 4.96. The Morgan fingerprint density at radius 2 is 2.20 bits per heavy atom. The lowest BCUT2D eigenvalue weighted by Gasteiger charge is -2.05. The zero-order chi connectivity index (χ0) is 11.1. The van der Waals surface area contributed by atoms with E-state index in [0.717, 1.165) is 5.56 Å². The minimum atomic E-state index is -0.0639. The Hall–Kier alpha value is -1.82. The van der Waals surface area contributed by atoms with Crippen LogP contribution in [0.4, 0.5) is 0 Å². The summed E-state index contributed by atoms with van der Waals surface area (Å²) in [6.45, 7) is 2.46. The molecule has 0 heterocycles. The van der Waals surface area contributed by atoms with E-state index in [2.05, 4.69) is 5.32 Å². The molecule has 1 N–H and O–H groups in total. The summed E-state index contributed by atoms with van der Waals surface area (Å²) >= 11 is 0. The van der Waals surface area contributed by atoms with Crippen molar-refractivity contribution in [3.05, 3.63) is 35.4 Å². The minimum absolute atomic E-state index is 0.0639. The molecule has 0 saturated heterocycles. The summed E-state index contributed by atoms with van der Waals surface area (Å²) in [7, 11) is 0. The predicted molar refractivity (Wildman–Crippen MR) is 58.4 cm³/mol. The van der Waals surface area contributed by atoms with Crippen LogP contribution in [-0.4, -0.2) is 12.5 Å². The highest BCUT2D eigenvalue weighted by atomic mass is 16.1. The lowest BCUT2D eigenvalue weighted by molar-refractivity contribution is 0.0952. The number of hydrogen-bond acceptors (Lipinski definition) is 2. The zero-order valence-corrected chi connectivity index (χ0v) is 8.79. The summed E-state index contributed by atoms with van der Waals surface area (Å²) in [6, 6.07) is 9.50. The van der Waals surface area contributed by atoms with E-state index in [1.165, 1.54) is 0 Å². The number of carbonyl (C=O) groups is 1. The average molecular weight is 202 g/mol. The fraction of sp³-hybridized carbons (Fsp3) is 0.333. The molecule has 1 rings (SSSR count). The van der Waals surface area contributed by atoms with Gasteiger partial charge in [0.25, 0.3) is 5.91 Å². The van der Waals surface area contributed by atoms with Gasteiger partial charge in [-0.15, -0.1) is 0 Å². The molecule has 0 bridgehead atoms. The first kappa shape index (κ1) is 11.3. The quantitative estimate of drug-likeness (QED) is 0.759. The fourth-order valence-corrected chi connectivity index (χ4v) is 1.29. The van der Waals surface area contributed by atoms with Crippen molar-refractivity contribution in [1.82, 2.24) is 5.32 Å². The minimum Gasteiger partial charge on any atom is -0.352 e. The smallest absolute Gasteiger partial charge is 0.251 e. The van der Waals surface area contributed by atoms with Crippen molar-refractivity contribution in [2.24, 2.45) is 0 Å². The molecule has 1 aromatic rings. The summed E-state index contributed by atoms with van der Waals surface area (Å²) in [5.41, 5.74) is 1.67. The second-order valence-corrected chi connectivity index (χ2v) is 3.33. The highest BCUT2D eigenvalue weighted by Crippen LogP contribution is 2.06. The Bertz CT molecular complexity index is 379. The third-order valence-electron chi connectivity index (χ3n) is 2.14. The van der Waals surface area contributed by atoms with Crippen LogP contribution in [0.3, 0.4) is 0 Å². The summed E-state index contributed by atoms with van der Waals surface area (Å²) in [5, 5.41) is 11.1. The first-order chi connectivity index (χ1) is 7.25. The van der Waals surface area contributed by atoms with Crippen molar-refractivity contribution < 1.29 is 4.79 Å². The van der Waals surface area contributed by atoms with Crippen molar-refractivity contribution in [2.45, 2.75) is 19.8 Å². The van der Waals surface area contributed by atoms with Gasteiger partial charge in [-0.05, 0) is 25.0 Å². The van der Waals surface area contributed by atoms with Crippen LogP contribution in [0.25, 0.3) is 0 Å². The molecule has 0 aromatic heterocycles. The molecule has 0 fully saturated rings. The van der Waals surface area contributed by atoms with Gasteiger partial charge in [-0.1, -0.05) is 18.2 Å². The van der Waals surface area contributed by atoms with Gasteiger partial charge in [-0.3, -0.25) is 4.79 Å². The number of rotatable bonds is 4. The maximum absolute atomic E-state index is 11.6. The molecule has 15 heavy (non-hydrogen) atoms. The van der Waals surface area contributed by atoms with Gasteiger partial charge in [-0.25, -0.2) is 0 Å². The molecule has 78 valence electrons. The SMILES string of the molecule is Cc1ccccc1C(=O)NCCCC#N. The molecule has 3 nitrogen and oxygen atoms in total. The van der Waals surface area contributed by atoms with E-state index < -0.39 is 0 Å². The van der Waals surface area contributed by atoms with E-state index in [0.29, 0.717) is 24.9 Å². The van der Waals surface area contributed by atoms with Gasteiger partial charge in [0.05, 0.1) is 6.07 Å². The lowest BCUT2D eigenvalue weighted by Crippen LogP contribution is -2.25. The zero-order valence-electron chi connectivity index (χ0n) is 8.79. The molecule has 0 aliphatic heterocycles. The van der Waals surface area contributed by atoms with Crippen LogP contribution in [0.5, 0.6) is 0 Å². The van der Waals surface area contributed by atoms with Crippen molar-refractivity contribution in [1.29, 1.82) is 5.26 Å². The van der Waals surface area contributed by atoms with Crippen LogP contribution in [0.1, 0.15) is 28.8 Å². The number of amides is 1. The number of aryl methyl sites for hydroxylation is 1. The normalized spacial score (nSPS) is 9.33. The van der Waals surface area contributed by atoms with Gasteiger partial charge in [-0.2, -0.15) is 5.26 Å². The van der Waals surface area contributed by atoms with E-state index in [9.17, 15) is 4.79 Å². The average Bonchev–Trinajstić information content (AvgIpc) is 2.25. The fourth-order valence-electron chi connectivity index (χ4n) is 1.29. The highest BCUT2D eigenvalue weighted by molar-refractivity contribution is 5.95. The van der Waals surface area contributed by atoms with E-state index in [-0.39, 0.29) is 5.91 Å². The van der Waals surface area contributed by atoms with Crippen molar-refractivity contribution in [3.63, 3.8) is 0 Å². The lowest BCUT2D eigenvalue weighted by atomic mass is 10.1. The van der Waals surface area contributed by atoms with Gasteiger partial charge in [0.2, 0.25) is 0 Å². The van der Waals surface area contributed by atoms with Crippen LogP contribution in [0.2, 0.25) is 0 Å². The largest absolute Gasteiger partial charge is 0.352 e. The number of nitriles is 1. The topological polar surface area (TPSA) is 52.9 Å². The van der Waals surface area contributed by atoms with Gasteiger partial charge < -0.3 is 5.32 Å². The molecule has 1 amide bonds. The van der Waals surface area contributed by atoms with Crippen molar-refractivity contribution in [3.8, 4) is 6.07 Å². The molecule has 0 aliphatic rings. The number of nitrogens with one attached hydrogen (secondary N) is 1. The molecule has 3 heteroatoms. The Balaban J connectivity index is 2.48. The predicted octanol–water partition coefficient (Wildman–Crippen LogP) is 2.03. The van der Waals surface area contributed by atoms with Crippen LogP contribution in [0.15, 0.2) is 24.3 Å². The van der Waals surface area contributed by atoms with Crippen LogP contribution < -0.4 is 5.32 Å². The van der Waals surface area contributed by atoms with Crippen molar-refractivity contribution in [2.75, 3.05) is 6.54 Å². The number of hydrogen-bond donors (Lipinski definition) is 1. The summed E-state index contributed by atoms with van der Waals surface area (Å²) in [5.74, 6) is -0.0639. The molecule has 0 aliphatic carbocycles. The monoisotopic (exact) mass is 202 g/mol. The van der Waals surface area contributed by atoms with Crippen molar-refractivity contribution >= 4 is 5.91 Å². The summed E-state index contributed by atoms with van der Waals surface area (Å²) in [4.78, 5) is 11.6. The number of unbranched alkanes of at least 4 members (excludes halogenated alkanes) is 1. The van der Waals surface area contributed by atoms with Gasteiger partial charge in [0, 0.05) is 18.5 Å². The van der Waals surface area contributed by atoms with E-state index in [1.54, 1.807) is 6.07 Å². The van der Waals surface area contributed by atoms with Gasteiger partial charge in [0.15, 0.2) is 0 Å². The Morgan fingerprint density at radius 1 is 1.47 bits per heavy atom. The first-order valence-electron chi connectivity index (χ1n) is 4.96. The standard InChI is InChI=1S/C12H14N2O/c1-10-6-2-3-7-11(10)12(15)14-9-5-4-8-13/h2-3,6-7H,4-5,9H2,1H3,(H,14,15). The van der Waals surface area contributed by atoms with Gasteiger partial charge >= 0.3 is 0 Å². The molecule has 1 aromatic carbocycles. The maximum Gasteiger partial charge on any atom is 0.251 e. The van der Waals surface area contributed by atoms with Crippen LogP contribution >= 0.6 is 0 Å². The second-order valence-electron chi connectivity index (χ2n) is 3.33. The van der Waals surface area contributed by atoms with E-state index >= 15 is 0 Å². The summed E-state index contributed by atoms with van der Waals surface area (Å²) in [6.07, 6.45) is 1.18. The molecule has 0 radical (unpaired) electrons. The number of carbonyl (C=O) groups excluding carboxylic acids is 1. The highest BCUT2D eigenvalue weighted by Gasteiger charge is 2.06. The molecule has 0 saturated carbocycles. The third kappa shape index (κ3) is 3.43.